The first-order valence-corrected chi connectivity index (χ1v) is 5.08. The Hall–Kier alpha value is -1.48. The SMILES string of the molecule is CC(C)C(O)c1cnc2ccccc2n1. The van der Waals surface area contributed by atoms with E-state index in [9.17, 15) is 5.11 Å². The van der Waals surface area contributed by atoms with Gasteiger partial charge >= 0.3 is 0 Å². The number of aromatic nitrogens is 2. The third-order valence-corrected chi connectivity index (χ3v) is 2.40. The van der Waals surface area contributed by atoms with Crippen LogP contribution in [0.1, 0.15) is 25.6 Å². The van der Waals surface area contributed by atoms with Crippen LogP contribution in [0.3, 0.4) is 0 Å². The molecule has 0 aliphatic rings. The van der Waals surface area contributed by atoms with E-state index < -0.39 is 6.10 Å². The minimum atomic E-state index is -0.540. The number of fused-ring (bicyclic) bond motifs is 1. The molecule has 0 amide bonds. The van der Waals surface area contributed by atoms with Crippen molar-refractivity contribution in [2.75, 3.05) is 0 Å². The van der Waals surface area contributed by atoms with Gasteiger partial charge in [0.1, 0.15) is 0 Å². The van der Waals surface area contributed by atoms with Crippen LogP contribution in [0.15, 0.2) is 30.5 Å². The number of nitrogens with zero attached hydrogens (tertiary/aromatic N) is 2. The molecule has 0 saturated heterocycles. The molecule has 0 aliphatic heterocycles. The van der Waals surface area contributed by atoms with E-state index >= 15 is 0 Å². The summed E-state index contributed by atoms with van der Waals surface area (Å²) in [5.74, 6) is 0.153. The van der Waals surface area contributed by atoms with Crippen molar-refractivity contribution >= 4 is 11.0 Å². The van der Waals surface area contributed by atoms with Crippen molar-refractivity contribution in [3.63, 3.8) is 0 Å². The minimum absolute atomic E-state index is 0.153. The van der Waals surface area contributed by atoms with Crippen LogP contribution >= 0.6 is 0 Å². The van der Waals surface area contributed by atoms with Gasteiger partial charge in [-0.05, 0) is 18.1 Å². The van der Waals surface area contributed by atoms with Crippen molar-refractivity contribution in [3.05, 3.63) is 36.2 Å². The first-order valence-electron chi connectivity index (χ1n) is 5.08. The van der Waals surface area contributed by atoms with Gasteiger partial charge in [0.2, 0.25) is 0 Å². The van der Waals surface area contributed by atoms with Crippen molar-refractivity contribution in [2.45, 2.75) is 20.0 Å². The molecule has 2 rings (SSSR count). The predicted molar refractivity (Wildman–Crippen MR) is 59.3 cm³/mol. The van der Waals surface area contributed by atoms with Crippen LogP contribution in [0.25, 0.3) is 11.0 Å². The van der Waals surface area contributed by atoms with Crippen LogP contribution in [0.4, 0.5) is 0 Å². The highest BCUT2D eigenvalue weighted by Crippen LogP contribution is 2.20. The lowest BCUT2D eigenvalue weighted by atomic mass is 10.0. The van der Waals surface area contributed by atoms with E-state index in [0.717, 1.165) is 11.0 Å². The van der Waals surface area contributed by atoms with Crippen molar-refractivity contribution < 1.29 is 5.11 Å². The van der Waals surface area contributed by atoms with Gasteiger partial charge < -0.3 is 5.11 Å². The highest BCUT2D eigenvalue weighted by atomic mass is 16.3. The van der Waals surface area contributed by atoms with Gasteiger partial charge in [0.15, 0.2) is 0 Å². The summed E-state index contributed by atoms with van der Waals surface area (Å²) >= 11 is 0. The van der Waals surface area contributed by atoms with Crippen molar-refractivity contribution in [3.8, 4) is 0 Å². The standard InChI is InChI=1S/C12H14N2O/c1-8(2)12(15)11-7-13-9-5-3-4-6-10(9)14-11/h3-8,12,15H,1-2H3. The molecule has 0 radical (unpaired) electrons. The summed E-state index contributed by atoms with van der Waals surface area (Å²) < 4.78 is 0. The average Bonchev–Trinajstić information content (AvgIpc) is 2.27. The highest BCUT2D eigenvalue weighted by molar-refractivity contribution is 5.73. The largest absolute Gasteiger partial charge is 0.386 e. The van der Waals surface area contributed by atoms with E-state index in [2.05, 4.69) is 9.97 Å². The van der Waals surface area contributed by atoms with Gasteiger partial charge in [-0.15, -0.1) is 0 Å². The van der Waals surface area contributed by atoms with Crippen molar-refractivity contribution in [1.82, 2.24) is 9.97 Å². The molecule has 0 spiro atoms. The van der Waals surface area contributed by atoms with Crippen LogP contribution in [0.2, 0.25) is 0 Å². The molecule has 0 aliphatic carbocycles. The number of aliphatic hydroxyl groups is 1. The molecule has 1 aromatic heterocycles. The molecular formula is C12H14N2O. The summed E-state index contributed by atoms with van der Waals surface area (Å²) in [6, 6.07) is 7.66. The van der Waals surface area contributed by atoms with Gasteiger partial charge in [-0.2, -0.15) is 0 Å². The molecule has 0 saturated carbocycles. The molecule has 3 heteroatoms. The zero-order valence-corrected chi connectivity index (χ0v) is 8.88. The lowest BCUT2D eigenvalue weighted by molar-refractivity contribution is 0.122. The van der Waals surface area contributed by atoms with Gasteiger partial charge in [-0.1, -0.05) is 26.0 Å². The quantitative estimate of drug-likeness (QED) is 0.812. The second-order valence-electron chi connectivity index (χ2n) is 3.97. The highest BCUT2D eigenvalue weighted by Gasteiger charge is 2.14. The van der Waals surface area contributed by atoms with Crippen molar-refractivity contribution in [2.24, 2.45) is 5.92 Å². The number of benzene rings is 1. The number of aliphatic hydroxyl groups excluding tert-OH is 1. The number of hydrogen-bond acceptors (Lipinski definition) is 3. The lowest BCUT2D eigenvalue weighted by Crippen LogP contribution is -2.08. The summed E-state index contributed by atoms with van der Waals surface area (Å²) in [6.07, 6.45) is 1.11. The fourth-order valence-corrected chi connectivity index (χ4v) is 1.46. The second-order valence-corrected chi connectivity index (χ2v) is 3.97. The van der Waals surface area contributed by atoms with Gasteiger partial charge in [0.25, 0.3) is 0 Å². The zero-order chi connectivity index (χ0) is 10.8. The maximum Gasteiger partial charge on any atom is 0.0998 e. The maximum atomic E-state index is 9.85. The smallest absolute Gasteiger partial charge is 0.0998 e. The average molecular weight is 202 g/mol. The van der Waals surface area contributed by atoms with Crippen LogP contribution in [0.5, 0.6) is 0 Å². The normalized spacial score (nSPS) is 13.3. The Morgan fingerprint density at radius 1 is 1.13 bits per heavy atom. The van der Waals surface area contributed by atoms with Gasteiger partial charge in [-0.3, -0.25) is 4.98 Å². The number of para-hydroxylation sites is 2. The number of hydrogen-bond donors (Lipinski definition) is 1. The topological polar surface area (TPSA) is 46.0 Å². The molecular weight excluding hydrogens is 188 g/mol. The Bertz CT molecular complexity index is 468. The van der Waals surface area contributed by atoms with Crippen molar-refractivity contribution in [1.29, 1.82) is 0 Å². The summed E-state index contributed by atoms with van der Waals surface area (Å²) in [6.45, 7) is 3.92. The van der Waals surface area contributed by atoms with Crippen LogP contribution in [-0.4, -0.2) is 15.1 Å². The summed E-state index contributed by atoms with van der Waals surface area (Å²) in [5, 5.41) is 9.85. The third kappa shape index (κ3) is 1.97. The fraction of sp³-hybridized carbons (Fsp3) is 0.333. The summed E-state index contributed by atoms with van der Waals surface area (Å²) in [7, 11) is 0. The molecule has 15 heavy (non-hydrogen) atoms. The van der Waals surface area contributed by atoms with Crippen LogP contribution < -0.4 is 0 Å². The Labute approximate surface area is 88.8 Å². The zero-order valence-electron chi connectivity index (χ0n) is 8.88. The molecule has 3 nitrogen and oxygen atoms in total. The van der Waals surface area contributed by atoms with Crippen LogP contribution in [0, 0.1) is 5.92 Å². The Balaban J connectivity index is 2.47. The van der Waals surface area contributed by atoms with E-state index in [4.69, 9.17) is 0 Å². The second kappa shape index (κ2) is 3.95. The Morgan fingerprint density at radius 3 is 2.47 bits per heavy atom. The molecule has 0 bridgehead atoms. The number of rotatable bonds is 2. The first-order chi connectivity index (χ1) is 7.18. The molecule has 1 aromatic carbocycles. The predicted octanol–water partition coefficient (Wildman–Crippen LogP) is 2.32. The molecule has 0 fully saturated rings. The van der Waals surface area contributed by atoms with E-state index in [-0.39, 0.29) is 5.92 Å². The molecule has 1 N–H and O–H groups in total. The van der Waals surface area contributed by atoms with Gasteiger partial charge in [0.05, 0.1) is 29.0 Å². The van der Waals surface area contributed by atoms with E-state index in [1.165, 1.54) is 0 Å². The first kappa shape index (κ1) is 10.1. The molecule has 1 atom stereocenters. The molecule has 2 aromatic rings. The lowest BCUT2D eigenvalue weighted by Gasteiger charge is -2.13. The third-order valence-electron chi connectivity index (χ3n) is 2.40. The molecule has 1 unspecified atom stereocenters. The minimum Gasteiger partial charge on any atom is -0.386 e. The monoisotopic (exact) mass is 202 g/mol. The van der Waals surface area contributed by atoms with E-state index in [0.29, 0.717) is 5.69 Å². The Morgan fingerprint density at radius 2 is 1.80 bits per heavy atom. The van der Waals surface area contributed by atoms with E-state index in [1.807, 2.05) is 38.1 Å². The molecule has 1 heterocycles. The maximum absolute atomic E-state index is 9.85. The summed E-state index contributed by atoms with van der Waals surface area (Å²) in [4.78, 5) is 8.65. The Kier molecular flexibility index (Phi) is 2.64. The summed E-state index contributed by atoms with van der Waals surface area (Å²) in [5.41, 5.74) is 2.33. The molecule has 78 valence electrons. The van der Waals surface area contributed by atoms with Gasteiger partial charge in [-0.25, -0.2) is 4.98 Å². The van der Waals surface area contributed by atoms with E-state index in [1.54, 1.807) is 6.20 Å². The van der Waals surface area contributed by atoms with Gasteiger partial charge in [0, 0.05) is 0 Å². The van der Waals surface area contributed by atoms with Crippen LogP contribution in [-0.2, 0) is 0 Å². The fourth-order valence-electron chi connectivity index (χ4n) is 1.46.